The zero-order valence-electron chi connectivity index (χ0n) is 18.8. The predicted molar refractivity (Wildman–Crippen MR) is 119 cm³/mol. The summed E-state index contributed by atoms with van der Waals surface area (Å²) in [4.78, 5) is 29.4. The number of fused-ring (bicyclic) bond motifs is 1. The minimum atomic E-state index is -0.829. The summed E-state index contributed by atoms with van der Waals surface area (Å²) < 4.78 is 17.1. The van der Waals surface area contributed by atoms with Crippen molar-refractivity contribution in [2.24, 2.45) is 0 Å². The van der Waals surface area contributed by atoms with Crippen molar-refractivity contribution in [1.29, 1.82) is 0 Å². The van der Waals surface area contributed by atoms with E-state index in [-0.39, 0.29) is 30.6 Å². The van der Waals surface area contributed by atoms with E-state index >= 15 is 0 Å². The van der Waals surface area contributed by atoms with E-state index in [0.29, 0.717) is 36.0 Å². The summed E-state index contributed by atoms with van der Waals surface area (Å²) in [6.07, 6.45) is -0.00849. The number of hydrogen-bond acceptors (Lipinski definition) is 7. The Morgan fingerprint density at radius 2 is 2.03 bits per heavy atom. The number of aryl methyl sites for hydroxylation is 1. The molecule has 1 atom stereocenters. The molecule has 0 aliphatic carbocycles. The molecular weight excluding hydrogens is 412 g/mol. The first kappa shape index (κ1) is 22.0. The number of amides is 1. The highest BCUT2D eigenvalue weighted by molar-refractivity contribution is 6.46. The highest BCUT2D eigenvalue weighted by atomic mass is 16.5. The first-order valence-electron chi connectivity index (χ1n) is 10.7. The Morgan fingerprint density at radius 3 is 2.72 bits per heavy atom. The summed E-state index contributed by atoms with van der Waals surface area (Å²) in [7, 11) is 1.93. The van der Waals surface area contributed by atoms with E-state index in [1.807, 2.05) is 25.8 Å². The van der Waals surface area contributed by atoms with E-state index in [1.165, 1.54) is 4.90 Å². The molecule has 2 aliphatic rings. The number of likely N-dealkylation sites (tertiary alicyclic amines) is 1. The van der Waals surface area contributed by atoms with E-state index in [9.17, 15) is 14.7 Å². The Labute approximate surface area is 187 Å². The van der Waals surface area contributed by atoms with Gasteiger partial charge in [0.25, 0.3) is 11.7 Å². The quantitative estimate of drug-likeness (QED) is 0.419. The van der Waals surface area contributed by atoms with Gasteiger partial charge in [-0.25, -0.2) is 0 Å². The van der Waals surface area contributed by atoms with Crippen LogP contribution in [0.4, 0.5) is 5.69 Å². The molecule has 1 unspecified atom stereocenters. The Morgan fingerprint density at radius 1 is 1.25 bits per heavy atom. The van der Waals surface area contributed by atoms with Gasteiger partial charge in [0.2, 0.25) is 0 Å². The molecule has 0 bridgehead atoms. The van der Waals surface area contributed by atoms with Gasteiger partial charge in [0.05, 0.1) is 30.5 Å². The van der Waals surface area contributed by atoms with E-state index < -0.39 is 17.7 Å². The van der Waals surface area contributed by atoms with Crippen LogP contribution >= 0.6 is 0 Å². The number of benzene rings is 1. The van der Waals surface area contributed by atoms with E-state index in [1.54, 1.807) is 37.3 Å². The second-order valence-electron chi connectivity index (χ2n) is 8.31. The van der Waals surface area contributed by atoms with Gasteiger partial charge in [0.1, 0.15) is 35.7 Å². The first-order chi connectivity index (χ1) is 15.3. The Kier molecular flexibility index (Phi) is 5.97. The number of aliphatic hydroxyl groups is 1. The molecule has 1 saturated heterocycles. The molecule has 32 heavy (non-hydrogen) atoms. The maximum Gasteiger partial charge on any atom is 0.295 e. The molecule has 1 fully saturated rings. The second kappa shape index (κ2) is 8.70. The Hall–Kier alpha value is -3.26. The van der Waals surface area contributed by atoms with Gasteiger partial charge in [0.15, 0.2) is 0 Å². The number of nitrogens with zero attached hydrogens (tertiary/aromatic N) is 2. The highest BCUT2D eigenvalue weighted by Crippen LogP contribution is 2.41. The van der Waals surface area contributed by atoms with Crippen molar-refractivity contribution in [3.05, 3.63) is 53.0 Å². The number of Topliss-reactive ketones (excluding diaryl/α,β-unsaturated/α-hetero) is 1. The molecule has 1 aromatic carbocycles. The largest absolute Gasteiger partial charge is 0.507 e. The molecule has 3 heterocycles. The number of ether oxygens (including phenoxy) is 2. The fourth-order valence-electron chi connectivity index (χ4n) is 4.05. The van der Waals surface area contributed by atoms with Crippen LogP contribution in [0.3, 0.4) is 0 Å². The fourth-order valence-corrected chi connectivity index (χ4v) is 4.05. The summed E-state index contributed by atoms with van der Waals surface area (Å²) in [6, 6.07) is 7.88. The molecular formula is C24H28N2O6. The molecule has 8 nitrogen and oxygen atoms in total. The van der Waals surface area contributed by atoms with E-state index in [0.717, 1.165) is 5.69 Å². The summed E-state index contributed by atoms with van der Waals surface area (Å²) in [6.45, 7) is 7.35. The molecule has 1 amide bonds. The van der Waals surface area contributed by atoms with Crippen molar-refractivity contribution in [1.82, 2.24) is 4.90 Å². The van der Waals surface area contributed by atoms with Crippen LogP contribution in [0.2, 0.25) is 0 Å². The molecule has 1 aromatic heterocycles. The van der Waals surface area contributed by atoms with Crippen molar-refractivity contribution in [3.8, 4) is 5.75 Å². The molecule has 4 rings (SSSR count). The van der Waals surface area contributed by atoms with Crippen LogP contribution in [0.25, 0.3) is 5.76 Å². The van der Waals surface area contributed by atoms with Crippen LogP contribution in [0.5, 0.6) is 5.75 Å². The number of furan rings is 1. The van der Waals surface area contributed by atoms with Crippen molar-refractivity contribution in [2.45, 2.75) is 32.9 Å². The number of rotatable bonds is 6. The zero-order valence-corrected chi connectivity index (χ0v) is 18.8. The average molecular weight is 440 g/mol. The lowest BCUT2D eigenvalue weighted by atomic mass is 9.98. The molecule has 0 spiro atoms. The molecule has 0 saturated carbocycles. The summed E-state index contributed by atoms with van der Waals surface area (Å²) in [5.74, 6) is 0.115. The van der Waals surface area contributed by atoms with Crippen LogP contribution in [-0.4, -0.2) is 61.2 Å². The lowest BCUT2D eigenvalue weighted by molar-refractivity contribution is -0.140. The molecule has 170 valence electrons. The molecule has 2 aromatic rings. The third-order valence-corrected chi connectivity index (χ3v) is 5.68. The number of anilines is 1. The number of carbonyl (C=O) groups is 2. The van der Waals surface area contributed by atoms with Crippen molar-refractivity contribution < 1.29 is 28.6 Å². The van der Waals surface area contributed by atoms with E-state index in [4.69, 9.17) is 13.9 Å². The minimum absolute atomic E-state index is 0.00762. The first-order valence-corrected chi connectivity index (χ1v) is 10.7. The van der Waals surface area contributed by atoms with Crippen LogP contribution in [0.1, 0.15) is 37.0 Å². The summed E-state index contributed by atoms with van der Waals surface area (Å²) in [5, 5.41) is 11.2. The van der Waals surface area contributed by atoms with Gasteiger partial charge in [0, 0.05) is 19.2 Å². The van der Waals surface area contributed by atoms with Gasteiger partial charge >= 0.3 is 0 Å². The fraction of sp³-hybridized carbons (Fsp3) is 0.417. The number of aliphatic hydroxyl groups excluding tert-OH is 1. The van der Waals surface area contributed by atoms with Crippen LogP contribution in [0, 0.1) is 6.92 Å². The maximum absolute atomic E-state index is 13.0. The van der Waals surface area contributed by atoms with E-state index in [2.05, 4.69) is 0 Å². The van der Waals surface area contributed by atoms with Crippen LogP contribution in [-0.2, 0) is 14.3 Å². The number of hydrogen-bond donors (Lipinski definition) is 1. The minimum Gasteiger partial charge on any atom is -0.507 e. The van der Waals surface area contributed by atoms with Gasteiger partial charge < -0.3 is 28.8 Å². The standard InChI is InChI=1S/C24H28N2O6/c1-14(2)30-12-10-26-21(19-7-5-15(3)32-19)20(23(28)24(26)29)22(27)16-6-8-18-17(13-16)25(4)9-11-31-18/h5-8,13-14,21,27H,9-12H2,1-4H3/b22-20-. The number of carbonyl (C=O) groups excluding carboxylic acids is 2. The number of likely N-dealkylation sites (N-methyl/N-ethyl adjacent to an activating group) is 1. The van der Waals surface area contributed by atoms with Crippen molar-refractivity contribution in [2.75, 3.05) is 38.3 Å². The third kappa shape index (κ3) is 3.98. The smallest absolute Gasteiger partial charge is 0.295 e. The van der Waals surface area contributed by atoms with Crippen molar-refractivity contribution in [3.63, 3.8) is 0 Å². The maximum atomic E-state index is 13.0. The summed E-state index contributed by atoms with van der Waals surface area (Å²) in [5.41, 5.74) is 1.25. The molecule has 1 N–H and O–H groups in total. The SMILES string of the molecule is Cc1ccc(C2/C(=C(/O)c3ccc4c(c3)N(C)CCO4)C(=O)C(=O)N2CCOC(C)C)o1. The third-order valence-electron chi connectivity index (χ3n) is 5.68. The van der Waals surface area contributed by atoms with Gasteiger partial charge in [-0.3, -0.25) is 9.59 Å². The second-order valence-corrected chi connectivity index (χ2v) is 8.31. The lowest BCUT2D eigenvalue weighted by Gasteiger charge is -2.28. The lowest BCUT2D eigenvalue weighted by Crippen LogP contribution is -2.33. The predicted octanol–water partition coefficient (Wildman–Crippen LogP) is 3.26. The van der Waals surface area contributed by atoms with Crippen LogP contribution in [0.15, 0.2) is 40.3 Å². The van der Waals surface area contributed by atoms with Crippen LogP contribution < -0.4 is 9.64 Å². The van der Waals surface area contributed by atoms with Gasteiger partial charge in [-0.15, -0.1) is 0 Å². The zero-order chi connectivity index (χ0) is 23.0. The summed E-state index contributed by atoms with van der Waals surface area (Å²) >= 11 is 0. The Balaban J connectivity index is 1.78. The number of ketones is 1. The average Bonchev–Trinajstić information content (AvgIpc) is 3.29. The highest BCUT2D eigenvalue weighted by Gasteiger charge is 2.47. The molecule has 8 heteroatoms. The van der Waals surface area contributed by atoms with Crippen molar-refractivity contribution >= 4 is 23.1 Å². The monoisotopic (exact) mass is 440 g/mol. The molecule has 2 aliphatic heterocycles. The van der Waals surface area contributed by atoms with Gasteiger partial charge in [-0.05, 0) is 51.1 Å². The van der Waals surface area contributed by atoms with Gasteiger partial charge in [-0.2, -0.15) is 0 Å². The Bertz CT molecular complexity index is 1070. The molecule has 0 radical (unpaired) electrons. The topological polar surface area (TPSA) is 92.5 Å². The normalized spacial score (nSPS) is 20.1. The van der Waals surface area contributed by atoms with Gasteiger partial charge in [-0.1, -0.05) is 0 Å².